The topological polar surface area (TPSA) is 58.6 Å². The summed E-state index contributed by atoms with van der Waals surface area (Å²) in [5.74, 6) is 0.405. The van der Waals surface area contributed by atoms with E-state index in [2.05, 4.69) is 12.2 Å². The van der Waals surface area contributed by atoms with Crippen molar-refractivity contribution in [3.05, 3.63) is 0 Å². The van der Waals surface area contributed by atoms with E-state index in [1.807, 2.05) is 20.8 Å². The maximum atomic E-state index is 11.7. The maximum absolute atomic E-state index is 11.7. The maximum Gasteiger partial charge on any atom is 0.246 e. The summed E-state index contributed by atoms with van der Waals surface area (Å²) in [4.78, 5) is 11.7. The minimum Gasteiger partial charge on any atom is -0.391 e. The van der Waals surface area contributed by atoms with Gasteiger partial charge in [0.2, 0.25) is 5.91 Å². The van der Waals surface area contributed by atoms with Gasteiger partial charge in [0, 0.05) is 6.54 Å². The van der Waals surface area contributed by atoms with Crippen LogP contribution in [0.5, 0.6) is 0 Å². The number of aliphatic hydroxyl groups is 1. The van der Waals surface area contributed by atoms with Gasteiger partial charge in [-0.05, 0) is 24.2 Å². The molecule has 3 unspecified atom stereocenters. The molecular weight excluding hydrogens is 242 g/mol. The van der Waals surface area contributed by atoms with Crippen LogP contribution >= 0.6 is 0 Å². The van der Waals surface area contributed by atoms with Crippen molar-refractivity contribution in [1.29, 1.82) is 0 Å². The number of nitrogens with one attached hydrogen (secondary N) is 1. The lowest BCUT2D eigenvalue weighted by Gasteiger charge is -2.29. The Bertz CT molecular complexity index is 286. The molecule has 1 saturated carbocycles. The molecule has 3 atom stereocenters. The van der Waals surface area contributed by atoms with Crippen molar-refractivity contribution in [2.45, 2.75) is 65.6 Å². The van der Waals surface area contributed by atoms with Gasteiger partial charge in [-0.3, -0.25) is 4.79 Å². The van der Waals surface area contributed by atoms with Gasteiger partial charge < -0.3 is 15.2 Å². The minimum absolute atomic E-state index is 0.103. The van der Waals surface area contributed by atoms with Crippen LogP contribution in [0.15, 0.2) is 0 Å². The van der Waals surface area contributed by atoms with Crippen LogP contribution in [-0.4, -0.2) is 36.4 Å². The third-order valence-electron chi connectivity index (χ3n) is 3.95. The third kappa shape index (κ3) is 5.91. The molecule has 4 nitrogen and oxygen atoms in total. The summed E-state index contributed by atoms with van der Waals surface area (Å²) in [5.41, 5.74) is -0.216. The Hall–Kier alpha value is -0.610. The fourth-order valence-corrected chi connectivity index (χ4v) is 2.28. The average Bonchev–Trinajstić information content (AvgIpc) is 2.33. The van der Waals surface area contributed by atoms with E-state index in [0.29, 0.717) is 5.92 Å². The van der Waals surface area contributed by atoms with Gasteiger partial charge in [-0.1, -0.05) is 40.5 Å². The number of hydrogen-bond acceptors (Lipinski definition) is 3. The van der Waals surface area contributed by atoms with E-state index in [1.165, 1.54) is 19.3 Å². The second kappa shape index (κ2) is 7.25. The fourth-order valence-electron chi connectivity index (χ4n) is 2.28. The third-order valence-corrected chi connectivity index (χ3v) is 3.95. The SMILES string of the molecule is CC1CCCCC1OCC(=O)NCC(O)C(C)(C)C. The fraction of sp³-hybridized carbons (Fsp3) is 0.933. The lowest BCUT2D eigenvalue weighted by molar-refractivity contribution is -0.130. The summed E-state index contributed by atoms with van der Waals surface area (Å²) in [6.45, 7) is 8.42. The standard InChI is InChI=1S/C15H29NO3/c1-11-7-5-6-8-12(11)19-10-14(18)16-9-13(17)15(2,3)4/h11-13,17H,5-10H2,1-4H3,(H,16,18). The Morgan fingerprint density at radius 2 is 2.00 bits per heavy atom. The molecule has 0 aromatic carbocycles. The number of rotatable bonds is 5. The van der Waals surface area contributed by atoms with Crippen LogP contribution in [-0.2, 0) is 9.53 Å². The summed E-state index contributed by atoms with van der Waals surface area (Å²) in [6.07, 6.45) is 4.38. The van der Waals surface area contributed by atoms with Gasteiger partial charge in [-0.15, -0.1) is 0 Å². The smallest absolute Gasteiger partial charge is 0.246 e. The molecule has 1 aliphatic carbocycles. The lowest BCUT2D eigenvalue weighted by atomic mass is 9.88. The molecule has 0 bridgehead atoms. The average molecular weight is 271 g/mol. The van der Waals surface area contributed by atoms with Crippen LogP contribution in [0.3, 0.4) is 0 Å². The molecule has 0 aromatic heterocycles. The first kappa shape index (κ1) is 16.4. The Kier molecular flexibility index (Phi) is 6.27. The molecular formula is C15H29NO3. The normalized spacial score (nSPS) is 25.9. The summed E-state index contributed by atoms with van der Waals surface area (Å²) in [5, 5.41) is 12.6. The van der Waals surface area contributed by atoms with E-state index in [0.717, 1.165) is 6.42 Å². The molecule has 0 saturated heterocycles. The van der Waals surface area contributed by atoms with Gasteiger partial charge in [-0.25, -0.2) is 0 Å². The number of ether oxygens (including phenoxy) is 1. The van der Waals surface area contributed by atoms with Crippen molar-refractivity contribution in [2.75, 3.05) is 13.2 Å². The first-order valence-electron chi connectivity index (χ1n) is 7.37. The first-order valence-corrected chi connectivity index (χ1v) is 7.37. The van der Waals surface area contributed by atoms with Gasteiger partial charge in [0.05, 0.1) is 12.2 Å². The van der Waals surface area contributed by atoms with Gasteiger partial charge in [0.15, 0.2) is 0 Å². The zero-order valence-electron chi connectivity index (χ0n) is 12.7. The summed E-state index contributed by atoms with van der Waals surface area (Å²) in [6, 6.07) is 0. The molecule has 19 heavy (non-hydrogen) atoms. The van der Waals surface area contributed by atoms with Gasteiger partial charge in [0.25, 0.3) is 0 Å². The Morgan fingerprint density at radius 3 is 2.58 bits per heavy atom. The van der Waals surface area contributed by atoms with Crippen molar-refractivity contribution >= 4 is 5.91 Å². The van der Waals surface area contributed by atoms with Crippen LogP contribution < -0.4 is 5.32 Å². The van der Waals surface area contributed by atoms with Crippen LogP contribution in [0.2, 0.25) is 0 Å². The van der Waals surface area contributed by atoms with Gasteiger partial charge in [0.1, 0.15) is 6.61 Å². The van der Waals surface area contributed by atoms with Crippen molar-refractivity contribution in [3.63, 3.8) is 0 Å². The Labute approximate surface area is 116 Å². The number of carbonyl (C=O) groups is 1. The van der Waals surface area contributed by atoms with E-state index >= 15 is 0 Å². The van der Waals surface area contributed by atoms with Crippen LogP contribution in [0.1, 0.15) is 53.4 Å². The molecule has 0 heterocycles. The second-order valence-corrected chi connectivity index (χ2v) is 6.80. The molecule has 4 heteroatoms. The van der Waals surface area contributed by atoms with Crippen molar-refractivity contribution in [1.82, 2.24) is 5.32 Å². The zero-order valence-corrected chi connectivity index (χ0v) is 12.7. The highest BCUT2D eigenvalue weighted by molar-refractivity contribution is 5.77. The molecule has 1 fully saturated rings. The lowest BCUT2D eigenvalue weighted by Crippen LogP contribution is -2.41. The first-order chi connectivity index (χ1) is 8.80. The number of aliphatic hydroxyl groups excluding tert-OH is 1. The van der Waals surface area contributed by atoms with Crippen LogP contribution in [0.25, 0.3) is 0 Å². The Balaban J connectivity index is 2.21. The highest BCUT2D eigenvalue weighted by Gasteiger charge is 2.24. The van der Waals surface area contributed by atoms with Crippen LogP contribution in [0.4, 0.5) is 0 Å². The van der Waals surface area contributed by atoms with Crippen molar-refractivity contribution < 1.29 is 14.6 Å². The molecule has 0 spiro atoms. The molecule has 112 valence electrons. The van der Waals surface area contributed by atoms with Crippen LogP contribution in [0, 0.1) is 11.3 Å². The molecule has 0 radical (unpaired) electrons. The van der Waals surface area contributed by atoms with Crippen molar-refractivity contribution in [2.24, 2.45) is 11.3 Å². The zero-order chi connectivity index (χ0) is 14.5. The summed E-state index contributed by atoms with van der Waals surface area (Å²) < 4.78 is 5.68. The number of carbonyl (C=O) groups excluding carboxylic acids is 1. The number of hydrogen-bond donors (Lipinski definition) is 2. The number of amides is 1. The molecule has 2 N–H and O–H groups in total. The second-order valence-electron chi connectivity index (χ2n) is 6.80. The highest BCUT2D eigenvalue weighted by Crippen LogP contribution is 2.26. The summed E-state index contributed by atoms with van der Waals surface area (Å²) in [7, 11) is 0. The van der Waals surface area contributed by atoms with E-state index in [-0.39, 0.29) is 30.6 Å². The van der Waals surface area contributed by atoms with Gasteiger partial charge >= 0.3 is 0 Å². The monoisotopic (exact) mass is 271 g/mol. The molecule has 1 amide bonds. The van der Waals surface area contributed by atoms with E-state index < -0.39 is 6.10 Å². The molecule has 0 aromatic rings. The summed E-state index contributed by atoms with van der Waals surface area (Å²) >= 11 is 0. The van der Waals surface area contributed by atoms with E-state index in [1.54, 1.807) is 0 Å². The largest absolute Gasteiger partial charge is 0.391 e. The van der Waals surface area contributed by atoms with E-state index in [9.17, 15) is 9.90 Å². The predicted octanol–water partition coefficient (Wildman–Crippen LogP) is 2.10. The predicted molar refractivity (Wildman–Crippen MR) is 75.8 cm³/mol. The quantitative estimate of drug-likeness (QED) is 0.805. The highest BCUT2D eigenvalue weighted by atomic mass is 16.5. The van der Waals surface area contributed by atoms with E-state index in [4.69, 9.17) is 4.74 Å². The molecule has 1 rings (SSSR count). The minimum atomic E-state index is -0.537. The molecule has 0 aliphatic heterocycles. The molecule has 1 aliphatic rings. The Morgan fingerprint density at radius 1 is 1.37 bits per heavy atom. The van der Waals surface area contributed by atoms with Gasteiger partial charge in [-0.2, -0.15) is 0 Å². The van der Waals surface area contributed by atoms with Crippen molar-refractivity contribution in [3.8, 4) is 0 Å².